The van der Waals surface area contributed by atoms with Gasteiger partial charge in [0, 0.05) is 25.6 Å². The lowest BCUT2D eigenvalue weighted by atomic mass is 9.88. The Hall–Kier alpha value is -1.99. The van der Waals surface area contributed by atoms with Gasteiger partial charge < -0.3 is 24.1 Å². The monoisotopic (exact) mass is 381 g/mol. The summed E-state index contributed by atoms with van der Waals surface area (Å²) in [7, 11) is 3.14. The number of likely N-dealkylation sites (tertiary alicyclic amines) is 1. The molecule has 0 aliphatic carbocycles. The minimum atomic E-state index is -0.762. The van der Waals surface area contributed by atoms with Crippen LogP contribution in [0, 0.1) is 0 Å². The predicted molar refractivity (Wildman–Crippen MR) is 101 cm³/mol. The van der Waals surface area contributed by atoms with Gasteiger partial charge >= 0.3 is 6.09 Å². The van der Waals surface area contributed by atoms with E-state index in [4.69, 9.17) is 18.9 Å². The van der Waals surface area contributed by atoms with Crippen LogP contribution in [-0.2, 0) is 15.9 Å². The Morgan fingerprint density at radius 3 is 2.56 bits per heavy atom. The molecular formula is C20H31NO6. The quantitative estimate of drug-likeness (QED) is 0.732. The van der Waals surface area contributed by atoms with Crippen molar-refractivity contribution >= 4 is 6.09 Å². The highest BCUT2D eigenvalue weighted by Gasteiger charge is 2.46. The van der Waals surface area contributed by atoms with Crippen LogP contribution in [0.15, 0.2) is 18.2 Å². The van der Waals surface area contributed by atoms with Gasteiger partial charge in [-0.2, -0.15) is 0 Å². The number of carbonyl (C=O) groups excluding carboxylic acids is 1. The molecule has 1 heterocycles. The number of hydrogen-bond donors (Lipinski definition) is 1. The number of rotatable bonds is 7. The number of aliphatic hydroxyl groups is 1. The average Bonchev–Trinajstić information content (AvgIpc) is 3.03. The number of carbonyl (C=O) groups is 1. The summed E-state index contributed by atoms with van der Waals surface area (Å²) >= 11 is 0. The number of aliphatic hydroxyl groups excluding tert-OH is 1. The van der Waals surface area contributed by atoms with Crippen molar-refractivity contribution in [1.29, 1.82) is 0 Å². The Morgan fingerprint density at radius 2 is 1.96 bits per heavy atom. The van der Waals surface area contributed by atoms with E-state index in [-0.39, 0.29) is 13.4 Å². The van der Waals surface area contributed by atoms with E-state index < -0.39 is 17.2 Å². The van der Waals surface area contributed by atoms with E-state index in [2.05, 4.69) is 0 Å². The molecule has 1 amide bonds. The summed E-state index contributed by atoms with van der Waals surface area (Å²) < 4.78 is 21.8. The Balaban J connectivity index is 2.35. The second kappa shape index (κ2) is 8.80. The van der Waals surface area contributed by atoms with Gasteiger partial charge in [-0.25, -0.2) is 4.79 Å². The van der Waals surface area contributed by atoms with Crippen LogP contribution in [0.5, 0.6) is 11.5 Å². The highest BCUT2D eigenvalue weighted by Crippen LogP contribution is 2.39. The van der Waals surface area contributed by atoms with Crippen LogP contribution in [0.3, 0.4) is 0 Å². The van der Waals surface area contributed by atoms with Gasteiger partial charge in [-0.05, 0) is 45.7 Å². The minimum Gasteiger partial charge on any atom is -0.496 e. The first-order valence-corrected chi connectivity index (χ1v) is 9.15. The Labute approximate surface area is 161 Å². The molecule has 1 N–H and O–H groups in total. The van der Waals surface area contributed by atoms with Crippen molar-refractivity contribution < 1.29 is 28.8 Å². The molecule has 1 fully saturated rings. The van der Waals surface area contributed by atoms with E-state index in [1.807, 2.05) is 39.0 Å². The zero-order chi connectivity index (χ0) is 20.1. The summed E-state index contributed by atoms with van der Waals surface area (Å²) in [5.74, 6) is 1.26. The van der Waals surface area contributed by atoms with Crippen molar-refractivity contribution in [3.63, 3.8) is 0 Å². The highest BCUT2D eigenvalue weighted by molar-refractivity contribution is 5.70. The molecule has 27 heavy (non-hydrogen) atoms. The molecule has 0 aromatic heterocycles. The summed E-state index contributed by atoms with van der Waals surface area (Å²) in [6, 6.07) is 5.50. The van der Waals surface area contributed by atoms with E-state index in [0.29, 0.717) is 30.9 Å². The van der Waals surface area contributed by atoms with Crippen molar-refractivity contribution in [1.82, 2.24) is 4.90 Å². The van der Waals surface area contributed by atoms with Gasteiger partial charge in [0.15, 0.2) is 6.79 Å². The van der Waals surface area contributed by atoms with Gasteiger partial charge in [-0.15, -0.1) is 0 Å². The van der Waals surface area contributed by atoms with Crippen LogP contribution < -0.4 is 9.47 Å². The molecule has 0 radical (unpaired) electrons. The average molecular weight is 381 g/mol. The molecule has 0 spiro atoms. The van der Waals surface area contributed by atoms with Crippen LogP contribution in [0.2, 0.25) is 0 Å². The van der Waals surface area contributed by atoms with E-state index in [1.54, 1.807) is 19.1 Å². The number of benzene rings is 1. The summed E-state index contributed by atoms with van der Waals surface area (Å²) in [4.78, 5) is 14.4. The zero-order valence-electron chi connectivity index (χ0n) is 16.9. The molecule has 2 rings (SSSR count). The molecule has 1 aromatic rings. The summed E-state index contributed by atoms with van der Waals surface area (Å²) in [5, 5.41) is 10.3. The number of hydrogen-bond acceptors (Lipinski definition) is 6. The van der Waals surface area contributed by atoms with Gasteiger partial charge in [0.1, 0.15) is 17.1 Å². The summed E-state index contributed by atoms with van der Waals surface area (Å²) in [6.07, 6.45) is 1.45. The number of amides is 1. The largest absolute Gasteiger partial charge is 0.496 e. The van der Waals surface area contributed by atoms with Crippen LogP contribution in [0.1, 0.15) is 39.2 Å². The lowest BCUT2D eigenvalue weighted by Gasteiger charge is -2.38. The third kappa shape index (κ3) is 5.05. The molecule has 1 aliphatic heterocycles. The SMILES string of the molecule is COCOc1cccc(OC)c1C[C@@]1(CO)CCCN1C(=O)OC(C)(C)C. The van der Waals surface area contributed by atoms with Gasteiger partial charge in [0.2, 0.25) is 0 Å². The lowest BCUT2D eigenvalue weighted by molar-refractivity contribution is -0.00523. The van der Waals surface area contributed by atoms with Gasteiger partial charge in [0.25, 0.3) is 0 Å². The first-order chi connectivity index (χ1) is 12.8. The van der Waals surface area contributed by atoms with Gasteiger partial charge in [-0.1, -0.05) is 6.07 Å². The predicted octanol–water partition coefficient (Wildman–Crippen LogP) is 2.98. The maximum Gasteiger partial charge on any atom is 0.410 e. The van der Waals surface area contributed by atoms with E-state index >= 15 is 0 Å². The molecule has 1 atom stereocenters. The minimum absolute atomic E-state index is 0.0993. The second-order valence-electron chi connectivity index (χ2n) is 7.78. The van der Waals surface area contributed by atoms with E-state index in [9.17, 15) is 9.90 Å². The molecule has 0 unspecified atom stereocenters. The van der Waals surface area contributed by atoms with Crippen LogP contribution in [0.4, 0.5) is 4.79 Å². The van der Waals surface area contributed by atoms with Crippen molar-refractivity contribution in [3.05, 3.63) is 23.8 Å². The van der Waals surface area contributed by atoms with Crippen molar-refractivity contribution in [2.24, 2.45) is 0 Å². The van der Waals surface area contributed by atoms with Crippen LogP contribution >= 0.6 is 0 Å². The first-order valence-electron chi connectivity index (χ1n) is 9.15. The standard InChI is InChI=1S/C20H31NO6/c1-19(2,3)27-18(23)21-11-7-10-20(21,13-22)12-15-16(25-5)8-6-9-17(15)26-14-24-4/h6,8-9,22H,7,10-14H2,1-5H3/t20-/m1/s1. The molecule has 0 bridgehead atoms. The van der Waals surface area contributed by atoms with Crippen molar-refractivity contribution in [2.45, 2.75) is 51.2 Å². The molecule has 1 aromatic carbocycles. The fourth-order valence-electron chi connectivity index (χ4n) is 3.44. The smallest absolute Gasteiger partial charge is 0.410 e. The van der Waals surface area contributed by atoms with Crippen LogP contribution in [0.25, 0.3) is 0 Å². The van der Waals surface area contributed by atoms with Gasteiger partial charge in [-0.3, -0.25) is 4.90 Å². The Kier molecular flexibility index (Phi) is 6.95. The molecule has 152 valence electrons. The van der Waals surface area contributed by atoms with Gasteiger partial charge in [0.05, 0.1) is 19.3 Å². The maximum atomic E-state index is 12.7. The molecule has 7 nitrogen and oxygen atoms in total. The third-order valence-electron chi connectivity index (χ3n) is 4.65. The molecule has 0 saturated carbocycles. The topological polar surface area (TPSA) is 77.5 Å². The number of ether oxygens (including phenoxy) is 4. The fourth-order valence-corrected chi connectivity index (χ4v) is 3.44. The highest BCUT2D eigenvalue weighted by atomic mass is 16.7. The lowest BCUT2D eigenvalue weighted by Crippen LogP contribution is -2.53. The van der Waals surface area contributed by atoms with Crippen molar-refractivity contribution in [2.75, 3.05) is 34.2 Å². The molecule has 1 aliphatic rings. The Bertz CT molecular complexity index is 642. The second-order valence-corrected chi connectivity index (χ2v) is 7.78. The van der Waals surface area contributed by atoms with E-state index in [0.717, 1.165) is 12.0 Å². The Morgan fingerprint density at radius 1 is 1.26 bits per heavy atom. The van der Waals surface area contributed by atoms with Crippen LogP contribution in [-0.4, -0.2) is 61.4 Å². The fraction of sp³-hybridized carbons (Fsp3) is 0.650. The third-order valence-corrected chi connectivity index (χ3v) is 4.65. The first kappa shape index (κ1) is 21.3. The van der Waals surface area contributed by atoms with Crippen molar-refractivity contribution in [3.8, 4) is 11.5 Å². The molecule has 7 heteroatoms. The molecular weight excluding hydrogens is 350 g/mol. The zero-order valence-corrected chi connectivity index (χ0v) is 16.9. The number of nitrogens with zero attached hydrogens (tertiary/aromatic N) is 1. The molecule has 1 saturated heterocycles. The summed E-state index contributed by atoms with van der Waals surface area (Å²) in [6.45, 7) is 5.96. The summed E-state index contributed by atoms with van der Waals surface area (Å²) in [5.41, 5.74) is -0.568. The normalized spacial score (nSPS) is 19.9. The maximum absolute atomic E-state index is 12.7. The van der Waals surface area contributed by atoms with E-state index in [1.165, 1.54) is 0 Å². The number of methoxy groups -OCH3 is 2.